The van der Waals surface area contributed by atoms with Crippen LogP contribution in [0.2, 0.25) is 0 Å². The Morgan fingerprint density at radius 1 is 1.29 bits per heavy atom. The van der Waals surface area contributed by atoms with Crippen molar-refractivity contribution >= 4 is 5.91 Å². The van der Waals surface area contributed by atoms with E-state index in [2.05, 4.69) is 21.9 Å². The maximum atomic E-state index is 13.0. The number of ether oxygens (including phenoxy) is 1. The van der Waals surface area contributed by atoms with Gasteiger partial charge in [0, 0.05) is 37.5 Å². The molecule has 0 spiro atoms. The van der Waals surface area contributed by atoms with Crippen molar-refractivity contribution in [3.63, 3.8) is 0 Å². The van der Waals surface area contributed by atoms with Crippen LogP contribution in [0.1, 0.15) is 59.7 Å². The molecule has 0 aromatic carbocycles. The standard InChI is InChI=1S/C21H27N5O2/c1-3-28-20-16(7-6-10-22-20)21(27)26-12-9-17-15(14-26)13-23-19(24-17)18-8-4-5-11-25(18)2/h6-7,10,13,18H,3-5,8-9,11-12,14H2,1-2H3/t18-/m0/s1. The average molecular weight is 381 g/mol. The molecule has 1 fully saturated rings. The van der Waals surface area contributed by atoms with Crippen LogP contribution in [0.15, 0.2) is 24.5 Å². The van der Waals surface area contributed by atoms with Gasteiger partial charge >= 0.3 is 0 Å². The van der Waals surface area contributed by atoms with Gasteiger partial charge in [0.05, 0.1) is 18.3 Å². The minimum atomic E-state index is -0.0571. The highest BCUT2D eigenvalue weighted by Crippen LogP contribution is 2.29. The van der Waals surface area contributed by atoms with E-state index >= 15 is 0 Å². The van der Waals surface area contributed by atoms with Crippen molar-refractivity contribution in [1.29, 1.82) is 0 Å². The molecule has 0 unspecified atom stereocenters. The maximum Gasteiger partial charge on any atom is 0.259 e. The highest BCUT2D eigenvalue weighted by atomic mass is 16.5. The zero-order valence-corrected chi connectivity index (χ0v) is 16.6. The fourth-order valence-electron chi connectivity index (χ4n) is 4.04. The van der Waals surface area contributed by atoms with Crippen LogP contribution < -0.4 is 4.74 Å². The first-order chi connectivity index (χ1) is 13.7. The van der Waals surface area contributed by atoms with E-state index in [0.717, 1.165) is 36.5 Å². The van der Waals surface area contributed by atoms with Gasteiger partial charge < -0.3 is 9.64 Å². The van der Waals surface area contributed by atoms with Gasteiger partial charge in [-0.1, -0.05) is 6.42 Å². The second-order valence-corrected chi connectivity index (χ2v) is 7.46. The summed E-state index contributed by atoms with van der Waals surface area (Å²) in [7, 11) is 2.15. The van der Waals surface area contributed by atoms with E-state index in [-0.39, 0.29) is 5.91 Å². The van der Waals surface area contributed by atoms with Crippen molar-refractivity contribution in [1.82, 2.24) is 24.8 Å². The predicted molar refractivity (Wildman–Crippen MR) is 105 cm³/mol. The fourth-order valence-corrected chi connectivity index (χ4v) is 4.04. The van der Waals surface area contributed by atoms with Crippen LogP contribution in [-0.4, -0.2) is 57.4 Å². The molecule has 1 saturated heterocycles. The van der Waals surface area contributed by atoms with Crippen molar-refractivity contribution in [3.8, 4) is 5.88 Å². The van der Waals surface area contributed by atoms with Crippen LogP contribution in [0.25, 0.3) is 0 Å². The van der Waals surface area contributed by atoms with Crippen molar-refractivity contribution in [2.75, 3.05) is 26.7 Å². The van der Waals surface area contributed by atoms with Gasteiger partial charge in [-0.15, -0.1) is 0 Å². The number of aromatic nitrogens is 3. The van der Waals surface area contributed by atoms with Gasteiger partial charge in [0.25, 0.3) is 5.91 Å². The largest absolute Gasteiger partial charge is 0.477 e. The number of hydrogen-bond acceptors (Lipinski definition) is 6. The third kappa shape index (κ3) is 3.71. The van der Waals surface area contributed by atoms with Gasteiger partial charge in [0.15, 0.2) is 0 Å². The van der Waals surface area contributed by atoms with Gasteiger partial charge in [-0.2, -0.15) is 0 Å². The second-order valence-electron chi connectivity index (χ2n) is 7.46. The molecule has 1 amide bonds. The summed E-state index contributed by atoms with van der Waals surface area (Å²) in [6, 6.07) is 3.85. The highest BCUT2D eigenvalue weighted by molar-refractivity contribution is 5.96. The molecule has 28 heavy (non-hydrogen) atoms. The maximum absolute atomic E-state index is 13.0. The Balaban J connectivity index is 1.52. The quantitative estimate of drug-likeness (QED) is 0.811. The Kier molecular flexibility index (Phi) is 5.52. The summed E-state index contributed by atoms with van der Waals surface area (Å²) in [6.07, 6.45) is 7.88. The fraction of sp³-hybridized carbons (Fsp3) is 0.524. The summed E-state index contributed by atoms with van der Waals surface area (Å²) in [5.41, 5.74) is 2.61. The smallest absolute Gasteiger partial charge is 0.259 e. The molecule has 7 nitrogen and oxygen atoms in total. The highest BCUT2D eigenvalue weighted by Gasteiger charge is 2.28. The van der Waals surface area contributed by atoms with Crippen molar-refractivity contribution in [3.05, 3.63) is 47.2 Å². The SMILES string of the molecule is CCOc1ncccc1C(=O)N1CCc2nc([C@@H]3CCCCN3C)ncc2C1. The molecular weight excluding hydrogens is 354 g/mol. The van der Waals surface area contributed by atoms with E-state index in [1.807, 2.05) is 18.0 Å². The molecule has 2 aromatic heterocycles. The minimum absolute atomic E-state index is 0.0571. The van der Waals surface area contributed by atoms with Crippen LogP contribution in [0, 0.1) is 0 Å². The number of hydrogen-bond donors (Lipinski definition) is 0. The normalized spacial score (nSPS) is 19.9. The summed E-state index contributed by atoms with van der Waals surface area (Å²) in [6.45, 7) is 4.63. The first kappa shape index (κ1) is 18.8. The third-order valence-electron chi connectivity index (χ3n) is 5.59. The molecule has 0 radical (unpaired) electrons. The second kappa shape index (κ2) is 8.22. The molecule has 4 heterocycles. The molecule has 0 N–H and O–H groups in total. The molecule has 4 rings (SSSR count). The molecule has 2 aliphatic heterocycles. The van der Waals surface area contributed by atoms with Crippen LogP contribution >= 0.6 is 0 Å². The number of piperidine rings is 1. The Morgan fingerprint density at radius 3 is 3.00 bits per heavy atom. The molecule has 0 saturated carbocycles. The summed E-state index contributed by atoms with van der Waals surface area (Å²) in [5.74, 6) is 1.26. The third-order valence-corrected chi connectivity index (χ3v) is 5.59. The zero-order chi connectivity index (χ0) is 19.5. The first-order valence-electron chi connectivity index (χ1n) is 10.1. The molecule has 0 bridgehead atoms. The Morgan fingerprint density at radius 2 is 2.18 bits per heavy atom. The van der Waals surface area contributed by atoms with E-state index in [1.54, 1.807) is 18.3 Å². The van der Waals surface area contributed by atoms with Gasteiger partial charge in [-0.25, -0.2) is 15.0 Å². The molecule has 0 aliphatic carbocycles. The number of carbonyl (C=O) groups excluding carboxylic acids is 1. The monoisotopic (exact) mass is 381 g/mol. The molecule has 7 heteroatoms. The lowest BCUT2D eigenvalue weighted by atomic mass is 10.0. The topological polar surface area (TPSA) is 71.5 Å². The lowest BCUT2D eigenvalue weighted by Crippen LogP contribution is -2.37. The van der Waals surface area contributed by atoms with Crippen LogP contribution in [0.4, 0.5) is 0 Å². The Hall–Kier alpha value is -2.54. The summed E-state index contributed by atoms with van der Waals surface area (Å²) in [4.78, 5) is 30.9. The summed E-state index contributed by atoms with van der Waals surface area (Å²) in [5, 5.41) is 0. The van der Waals surface area contributed by atoms with Crippen LogP contribution in [-0.2, 0) is 13.0 Å². The van der Waals surface area contributed by atoms with Gasteiger partial charge in [0.1, 0.15) is 11.4 Å². The zero-order valence-electron chi connectivity index (χ0n) is 16.6. The van der Waals surface area contributed by atoms with E-state index < -0.39 is 0 Å². The summed E-state index contributed by atoms with van der Waals surface area (Å²) < 4.78 is 5.52. The number of pyridine rings is 1. The lowest BCUT2D eigenvalue weighted by Gasteiger charge is -2.33. The van der Waals surface area contributed by atoms with E-state index in [0.29, 0.717) is 37.2 Å². The molecule has 2 aromatic rings. The van der Waals surface area contributed by atoms with Gasteiger partial charge in [-0.05, 0) is 45.5 Å². The van der Waals surface area contributed by atoms with Crippen molar-refractivity contribution in [2.24, 2.45) is 0 Å². The predicted octanol–water partition coefficient (Wildman–Crippen LogP) is 2.63. The lowest BCUT2D eigenvalue weighted by molar-refractivity contribution is 0.0727. The van der Waals surface area contributed by atoms with E-state index in [9.17, 15) is 4.79 Å². The Bertz CT molecular complexity index is 856. The van der Waals surface area contributed by atoms with Crippen molar-refractivity contribution < 1.29 is 9.53 Å². The Labute approximate surface area is 165 Å². The molecule has 1 atom stereocenters. The number of rotatable bonds is 4. The van der Waals surface area contributed by atoms with Crippen molar-refractivity contribution in [2.45, 2.75) is 45.2 Å². The first-order valence-corrected chi connectivity index (χ1v) is 10.1. The average Bonchev–Trinajstić information content (AvgIpc) is 2.73. The van der Waals surface area contributed by atoms with Crippen LogP contribution in [0.5, 0.6) is 5.88 Å². The number of nitrogens with zero attached hydrogens (tertiary/aromatic N) is 5. The molecule has 2 aliphatic rings. The van der Waals surface area contributed by atoms with E-state index in [1.165, 1.54) is 12.8 Å². The van der Waals surface area contributed by atoms with Crippen LogP contribution in [0.3, 0.4) is 0 Å². The van der Waals surface area contributed by atoms with Gasteiger partial charge in [0.2, 0.25) is 5.88 Å². The van der Waals surface area contributed by atoms with Gasteiger partial charge in [-0.3, -0.25) is 9.69 Å². The number of fused-ring (bicyclic) bond motifs is 1. The summed E-state index contributed by atoms with van der Waals surface area (Å²) >= 11 is 0. The number of likely N-dealkylation sites (tertiary alicyclic amines) is 1. The molecule has 148 valence electrons. The minimum Gasteiger partial charge on any atom is -0.477 e. The molecular formula is C21H27N5O2. The van der Waals surface area contributed by atoms with E-state index in [4.69, 9.17) is 9.72 Å². The number of amides is 1. The number of carbonyl (C=O) groups is 1.